The number of amides is 2. The third kappa shape index (κ3) is 4.72. The molecule has 0 radical (unpaired) electrons. The second kappa shape index (κ2) is 7.90. The van der Waals surface area contributed by atoms with Crippen LogP contribution in [0.15, 0.2) is 29.5 Å². The molecular weight excluding hydrogens is 348 g/mol. The normalized spacial score (nSPS) is 18.4. The van der Waals surface area contributed by atoms with Crippen molar-refractivity contribution in [2.45, 2.75) is 53.7 Å². The van der Waals surface area contributed by atoms with E-state index in [0.717, 1.165) is 0 Å². The quantitative estimate of drug-likeness (QED) is 0.685. The molecule has 0 saturated heterocycles. The fourth-order valence-corrected chi connectivity index (χ4v) is 2.60. The van der Waals surface area contributed by atoms with Gasteiger partial charge in [0, 0.05) is 5.70 Å². The Morgan fingerprint density at radius 3 is 2.59 bits per heavy atom. The van der Waals surface area contributed by atoms with Crippen molar-refractivity contribution in [3.63, 3.8) is 0 Å². The maximum absolute atomic E-state index is 12.9. The number of carbonyl (C=O) groups is 2. The minimum atomic E-state index is -0.710. The van der Waals surface area contributed by atoms with Crippen molar-refractivity contribution in [3.05, 3.63) is 35.0 Å². The number of hydrogen-bond acceptors (Lipinski definition) is 5. The Hall–Kier alpha value is -2.70. The third-order valence-corrected chi connectivity index (χ3v) is 4.61. The van der Waals surface area contributed by atoms with Crippen LogP contribution in [-0.2, 0) is 9.53 Å². The highest BCUT2D eigenvalue weighted by molar-refractivity contribution is 5.95. The van der Waals surface area contributed by atoms with Gasteiger partial charge in [-0.1, -0.05) is 26.8 Å². The number of esters is 1. The van der Waals surface area contributed by atoms with Crippen molar-refractivity contribution in [3.8, 4) is 11.5 Å². The van der Waals surface area contributed by atoms with Gasteiger partial charge in [0.1, 0.15) is 6.10 Å². The Bertz CT molecular complexity index is 764. The maximum Gasteiger partial charge on any atom is 0.338 e. The van der Waals surface area contributed by atoms with E-state index in [-0.39, 0.29) is 23.0 Å². The highest BCUT2D eigenvalue weighted by Gasteiger charge is 2.35. The average Bonchev–Trinajstić information content (AvgIpc) is 2.55. The van der Waals surface area contributed by atoms with Crippen LogP contribution < -0.4 is 15.4 Å². The highest BCUT2D eigenvalue weighted by Crippen LogP contribution is 2.34. The molecule has 2 rings (SSSR count). The van der Waals surface area contributed by atoms with Crippen molar-refractivity contribution < 1.29 is 24.2 Å². The van der Waals surface area contributed by atoms with Crippen LogP contribution in [0.3, 0.4) is 0 Å². The third-order valence-electron chi connectivity index (χ3n) is 4.61. The summed E-state index contributed by atoms with van der Waals surface area (Å²) < 4.78 is 11.1. The predicted molar refractivity (Wildman–Crippen MR) is 101 cm³/mol. The van der Waals surface area contributed by atoms with Crippen LogP contribution in [0.2, 0.25) is 0 Å². The number of phenols is 1. The Morgan fingerprint density at radius 2 is 2.00 bits per heavy atom. The predicted octanol–water partition coefficient (Wildman–Crippen LogP) is 3.40. The van der Waals surface area contributed by atoms with Gasteiger partial charge in [-0.05, 0) is 43.9 Å². The monoisotopic (exact) mass is 376 g/mol. The van der Waals surface area contributed by atoms with E-state index in [1.807, 2.05) is 27.7 Å². The molecule has 1 aliphatic heterocycles. The lowest BCUT2D eigenvalue weighted by Crippen LogP contribution is -2.46. The van der Waals surface area contributed by atoms with Gasteiger partial charge in [0.15, 0.2) is 11.5 Å². The Kier molecular flexibility index (Phi) is 6.03. The summed E-state index contributed by atoms with van der Waals surface area (Å²) in [7, 11) is 0. The number of hydrogen-bond donors (Lipinski definition) is 3. The van der Waals surface area contributed by atoms with Gasteiger partial charge in [-0.25, -0.2) is 9.59 Å². The first-order valence-electron chi connectivity index (χ1n) is 8.99. The minimum Gasteiger partial charge on any atom is -0.504 e. The Morgan fingerprint density at radius 1 is 1.33 bits per heavy atom. The van der Waals surface area contributed by atoms with Crippen LogP contribution >= 0.6 is 0 Å². The van der Waals surface area contributed by atoms with E-state index < -0.39 is 18.0 Å². The van der Waals surface area contributed by atoms with Crippen molar-refractivity contribution in [2.75, 3.05) is 6.61 Å². The summed E-state index contributed by atoms with van der Waals surface area (Å²) in [5.41, 5.74) is 1.14. The van der Waals surface area contributed by atoms with Crippen LogP contribution in [0, 0.1) is 5.41 Å². The number of benzene rings is 1. The van der Waals surface area contributed by atoms with Gasteiger partial charge in [0.05, 0.1) is 18.2 Å². The molecular formula is C20H28N2O5. The fraction of sp³-hybridized carbons (Fsp3) is 0.500. The van der Waals surface area contributed by atoms with Crippen LogP contribution in [0.5, 0.6) is 11.5 Å². The SMILES string of the molecule is CCOc1cc(C2NC(=O)NC(C)=C2C(=O)OC(C)C(C)(C)C)ccc1O. The smallest absolute Gasteiger partial charge is 0.338 e. The van der Waals surface area contributed by atoms with Gasteiger partial charge in [-0.2, -0.15) is 0 Å². The van der Waals surface area contributed by atoms with Crippen molar-refractivity contribution in [2.24, 2.45) is 5.41 Å². The molecule has 7 heteroatoms. The van der Waals surface area contributed by atoms with Gasteiger partial charge in [0.25, 0.3) is 0 Å². The molecule has 1 aromatic carbocycles. The summed E-state index contributed by atoms with van der Waals surface area (Å²) in [6, 6.07) is 3.61. The van der Waals surface area contributed by atoms with Gasteiger partial charge in [-0.3, -0.25) is 0 Å². The van der Waals surface area contributed by atoms with Crippen molar-refractivity contribution in [1.82, 2.24) is 10.6 Å². The summed E-state index contributed by atoms with van der Waals surface area (Å²) in [6.45, 7) is 11.6. The maximum atomic E-state index is 12.9. The first-order valence-corrected chi connectivity index (χ1v) is 8.99. The molecule has 1 aromatic rings. The zero-order valence-corrected chi connectivity index (χ0v) is 16.7. The second-order valence-electron chi connectivity index (χ2n) is 7.64. The number of urea groups is 1. The summed E-state index contributed by atoms with van der Waals surface area (Å²) >= 11 is 0. The molecule has 7 nitrogen and oxygen atoms in total. The number of rotatable bonds is 5. The van der Waals surface area contributed by atoms with E-state index in [4.69, 9.17) is 9.47 Å². The average molecular weight is 376 g/mol. The zero-order valence-electron chi connectivity index (χ0n) is 16.7. The van der Waals surface area contributed by atoms with Crippen LogP contribution in [0.4, 0.5) is 4.79 Å². The number of allylic oxidation sites excluding steroid dienone is 1. The first kappa shape index (κ1) is 20.6. The molecule has 0 aromatic heterocycles. The molecule has 3 N–H and O–H groups in total. The number of nitrogens with one attached hydrogen (secondary N) is 2. The van der Waals surface area contributed by atoms with Crippen molar-refractivity contribution in [1.29, 1.82) is 0 Å². The number of phenolic OH excluding ortho intramolecular Hbond substituents is 1. The Labute approximate surface area is 159 Å². The number of ether oxygens (including phenoxy) is 2. The summed E-state index contributed by atoms with van der Waals surface area (Å²) in [6.07, 6.45) is -0.317. The van der Waals surface area contributed by atoms with Gasteiger partial charge >= 0.3 is 12.0 Å². The largest absolute Gasteiger partial charge is 0.504 e. The molecule has 2 atom stereocenters. The lowest BCUT2D eigenvalue weighted by atomic mass is 9.90. The molecule has 148 valence electrons. The standard InChI is InChI=1S/C20H28N2O5/c1-7-26-15-10-13(8-9-14(15)23)17-16(11(2)21-19(25)22-17)18(24)27-12(3)20(4,5)6/h8-10,12,17,23H,7H2,1-6H3,(H2,21,22,25). The molecule has 27 heavy (non-hydrogen) atoms. The number of aromatic hydroxyl groups is 1. The van der Waals surface area contributed by atoms with Crippen LogP contribution in [-0.4, -0.2) is 29.8 Å². The van der Waals surface area contributed by atoms with E-state index in [9.17, 15) is 14.7 Å². The fourth-order valence-electron chi connectivity index (χ4n) is 2.60. The van der Waals surface area contributed by atoms with Crippen molar-refractivity contribution >= 4 is 12.0 Å². The lowest BCUT2D eigenvalue weighted by Gasteiger charge is -2.31. The first-order chi connectivity index (χ1) is 12.5. The molecule has 2 unspecified atom stereocenters. The molecule has 2 amide bonds. The Balaban J connectivity index is 2.41. The topological polar surface area (TPSA) is 96.9 Å². The van der Waals surface area contributed by atoms with Gasteiger partial charge < -0.3 is 25.2 Å². The lowest BCUT2D eigenvalue weighted by molar-refractivity contribution is -0.149. The van der Waals surface area contributed by atoms with E-state index in [1.54, 1.807) is 26.0 Å². The van der Waals surface area contributed by atoms with E-state index >= 15 is 0 Å². The highest BCUT2D eigenvalue weighted by atomic mass is 16.5. The molecule has 0 fully saturated rings. The summed E-state index contributed by atoms with van der Waals surface area (Å²) in [4.78, 5) is 24.9. The molecule has 1 aliphatic rings. The molecule has 0 aliphatic carbocycles. The van der Waals surface area contributed by atoms with Gasteiger partial charge in [0.2, 0.25) is 0 Å². The zero-order chi connectivity index (χ0) is 20.4. The van der Waals surface area contributed by atoms with E-state index in [2.05, 4.69) is 10.6 Å². The van der Waals surface area contributed by atoms with Crippen LogP contribution in [0.1, 0.15) is 53.1 Å². The van der Waals surface area contributed by atoms with E-state index in [0.29, 0.717) is 23.4 Å². The number of carbonyl (C=O) groups excluding carboxylic acids is 2. The summed E-state index contributed by atoms with van der Waals surface area (Å²) in [5, 5.41) is 15.3. The molecule has 0 saturated carbocycles. The molecule has 0 spiro atoms. The minimum absolute atomic E-state index is 0.00737. The van der Waals surface area contributed by atoms with Crippen LogP contribution in [0.25, 0.3) is 0 Å². The second-order valence-corrected chi connectivity index (χ2v) is 7.64. The molecule has 0 bridgehead atoms. The van der Waals surface area contributed by atoms with Gasteiger partial charge in [-0.15, -0.1) is 0 Å². The molecule has 1 heterocycles. The summed E-state index contributed by atoms with van der Waals surface area (Å²) in [5.74, 6) is -0.221. The van der Waals surface area contributed by atoms with E-state index in [1.165, 1.54) is 6.07 Å².